The minimum absolute atomic E-state index is 0.608. The molecule has 0 atom stereocenters. The predicted octanol–water partition coefficient (Wildman–Crippen LogP) is 4.35. The van der Waals surface area contributed by atoms with E-state index in [-0.39, 0.29) is 0 Å². The molecule has 2 aromatic carbocycles. The van der Waals surface area contributed by atoms with E-state index in [1.54, 1.807) is 7.11 Å². The van der Waals surface area contributed by atoms with Crippen LogP contribution in [0.15, 0.2) is 42.5 Å². The molecule has 0 unspecified atom stereocenters. The van der Waals surface area contributed by atoms with E-state index in [4.69, 9.17) is 28.6 Å². The minimum Gasteiger partial charge on any atom is -0.497 e. The monoisotopic (exact) mass is 290 g/mol. The molecule has 3 nitrogen and oxygen atoms in total. The second-order valence-electron chi connectivity index (χ2n) is 4.10. The van der Waals surface area contributed by atoms with E-state index < -0.39 is 0 Å². The Balaban J connectivity index is 2.33. The summed E-state index contributed by atoms with van der Waals surface area (Å²) < 4.78 is 7.74. The Morgan fingerprint density at radius 2 is 2.00 bits per heavy atom. The van der Waals surface area contributed by atoms with Gasteiger partial charge in [0.25, 0.3) is 0 Å². The molecular weight excluding hydrogens is 280 g/mol. The van der Waals surface area contributed by atoms with Crippen LogP contribution < -0.4 is 4.74 Å². The zero-order valence-electron chi connectivity index (χ0n) is 10.2. The predicted molar refractivity (Wildman–Crippen MR) is 80.0 cm³/mol. The Morgan fingerprint density at radius 3 is 2.74 bits per heavy atom. The lowest BCUT2D eigenvalue weighted by atomic mass is 10.2. The summed E-state index contributed by atoms with van der Waals surface area (Å²) in [6, 6.07) is 13.4. The summed E-state index contributed by atoms with van der Waals surface area (Å²) in [7, 11) is 1.64. The third-order valence-electron chi connectivity index (χ3n) is 2.98. The van der Waals surface area contributed by atoms with E-state index in [1.165, 1.54) is 0 Å². The van der Waals surface area contributed by atoms with Gasteiger partial charge < -0.3 is 9.72 Å². The zero-order chi connectivity index (χ0) is 13.4. The lowest BCUT2D eigenvalue weighted by molar-refractivity contribution is 0.415. The van der Waals surface area contributed by atoms with Crippen LogP contribution in [0.2, 0.25) is 5.02 Å². The van der Waals surface area contributed by atoms with Gasteiger partial charge in [0, 0.05) is 6.07 Å². The molecule has 0 saturated carbocycles. The lowest BCUT2D eigenvalue weighted by Gasteiger charge is -2.07. The molecule has 1 heterocycles. The topological polar surface area (TPSA) is 29.9 Å². The highest BCUT2D eigenvalue weighted by Gasteiger charge is 2.09. The van der Waals surface area contributed by atoms with Crippen LogP contribution in [0.5, 0.6) is 5.75 Å². The first-order valence-electron chi connectivity index (χ1n) is 5.74. The molecule has 0 saturated heterocycles. The van der Waals surface area contributed by atoms with Crippen molar-refractivity contribution < 1.29 is 4.74 Å². The van der Waals surface area contributed by atoms with Crippen LogP contribution in [-0.2, 0) is 0 Å². The Bertz CT molecular complexity index is 807. The van der Waals surface area contributed by atoms with Crippen molar-refractivity contribution in [3.05, 3.63) is 52.3 Å². The van der Waals surface area contributed by atoms with E-state index in [2.05, 4.69) is 4.98 Å². The van der Waals surface area contributed by atoms with Gasteiger partial charge in [0.2, 0.25) is 0 Å². The first-order chi connectivity index (χ1) is 9.20. The summed E-state index contributed by atoms with van der Waals surface area (Å²) >= 11 is 11.6. The number of imidazole rings is 1. The SMILES string of the molecule is COc1ccc2c(c1)[nH]c(=S)n2-c1ccccc1Cl. The van der Waals surface area contributed by atoms with Gasteiger partial charge in [-0.05, 0) is 36.5 Å². The molecule has 3 rings (SSSR count). The van der Waals surface area contributed by atoms with Crippen LogP contribution in [0, 0.1) is 4.77 Å². The number of halogens is 1. The largest absolute Gasteiger partial charge is 0.497 e. The van der Waals surface area contributed by atoms with E-state index in [1.807, 2.05) is 47.0 Å². The average molecular weight is 291 g/mol. The van der Waals surface area contributed by atoms with Gasteiger partial charge in [-0.2, -0.15) is 0 Å². The number of nitrogens with zero attached hydrogens (tertiary/aromatic N) is 1. The van der Waals surface area contributed by atoms with Gasteiger partial charge in [-0.15, -0.1) is 0 Å². The number of hydrogen-bond acceptors (Lipinski definition) is 2. The number of nitrogens with one attached hydrogen (secondary N) is 1. The number of para-hydroxylation sites is 1. The van der Waals surface area contributed by atoms with E-state index in [9.17, 15) is 0 Å². The van der Waals surface area contributed by atoms with Gasteiger partial charge >= 0.3 is 0 Å². The number of H-pyrrole nitrogens is 1. The fraction of sp³-hybridized carbons (Fsp3) is 0.0714. The fourth-order valence-corrected chi connectivity index (χ4v) is 2.62. The summed E-state index contributed by atoms with van der Waals surface area (Å²) in [6.45, 7) is 0. The maximum Gasteiger partial charge on any atom is 0.182 e. The van der Waals surface area contributed by atoms with Crippen LogP contribution in [-0.4, -0.2) is 16.7 Å². The third-order valence-corrected chi connectivity index (χ3v) is 3.59. The van der Waals surface area contributed by atoms with E-state index in [0.717, 1.165) is 22.5 Å². The molecule has 0 aliphatic rings. The van der Waals surface area contributed by atoms with Crippen LogP contribution >= 0.6 is 23.8 Å². The van der Waals surface area contributed by atoms with Gasteiger partial charge in [-0.25, -0.2) is 0 Å². The van der Waals surface area contributed by atoms with Crippen molar-refractivity contribution in [3.8, 4) is 11.4 Å². The van der Waals surface area contributed by atoms with Crippen LogP contribution in [0.4, 0.5) is 0 Å². The smallest absolute Gasteiger partial charge is 0.182 e. The molecule has 0 bridgehead atoms. The summed E-state index contributed by atoms with van der Waals surface area (Å²) in [5.74, 6) is 0.787. The second kappa shape index (κ2) is 4.72. The molecule has 1 aromatic heterocycles. The van der Waals surface area contributed by atoms with Gasteiger partial charge in [0.15, 0.2) is 4.77 Å². The molecule has 1 N–H and O–H groups in total. The molecule has 0 aliphatic heterocycles. The fourth-order valence-electron chi connectivity index (χ4n) is 2.09. The van der Waals surface area contributed by atoms with Crippen molar-refractivity contribution in [3.63, 3.8) is 0 Å². The minimum atomic E-state index is 0.608. The highest BCUT2D eigenvalue weighted by atomic mass is 35.5. The lowest BCUT2D eigenvalue weighted by Crippen LogP contribution is -1.94. The molecule has 0 fully saturated rings. The van der Waals surface area contributed by atoms with Crippen molar-refractivity contribution in [2.24, 2.45) is 0 Å². The molecule has 0 spiro atoms. The first kappa shape index (κ1) is 12.3. The number of ether oxygens (including phenoxy) is 1. The highest BCUT2D eigenvalue weighted by Crippen LogP contribution is 2.27. The van der Waals surface area contributed by atoms with Gasteiger partial charge in [-0.1, -0.05) is 23.7 Å². The standard InChI is InChI=1S/C14H11ClN2OS/c1-18-9-6-7-13-11(8-9)16-14(19)17(13)12-5-3-2-4-10(12)15/h2-8H,1H3,(H,16,19). The molecule has 96 valence electrons. The number of fused-ring (bicyclic) bond motifs is 1. The van der Waals surface area contributed by atoms with Gasteiger partial charge in [0.1, 0.15) is 5.75 Å². The summed E-state index contributed by atoms with van der Waals surface area (Å²) in [6.07, 6.45) is 0. The molecule has 3 aromatic rings. The van der Waals surface area contributed by atoms with Crippen LogP contribution in [0.3, 0.4) is 0 Å². The average Bonchev–Trinajstić information content (AvgIpc) is 2.74. The Hall–Kier alpha value is -1.78. The van der Waals surface area contributed by atoms with Crippen molar-refractivity contribution in [1.82, 2.24) is 9.55 Å². The number of aromatic amines is 1. The van der Waals surface area contributed by atoms with Crippen LogP contribution in [0.25, 0.3) is 16.7 Å². The third kappa shape index (κ3) is 2.03. The summed E-state index contributed by atoms with van der Waals surface area (Å²) in [4.78, 5) is 3.17. The van der Waals surface area contributed by atoms with Gasteiger partial charge in [0.05, 0.1) is 28.9 Å². The highest BCUT2D eigenvalue weighted by molar-refractivity contribution is 7.71. The maximum atomic E-state index is 6.24. The Kier molecular flexibility index (Phi) is 3.05. The number of aromatic nitrogens is 2. The zero-order valence-corrected chi connectivity index (χ0v) is 11.8. The number of benzene rings is 2. The molecular formula is C14H11ClN2OS. The molecule has 0 amide bonds. The molecule has 0 aliphatic carbocycles. The van der Waals surface area contributed by atoms with E-state index >= 15 is 0 Å². The Labute approximate surface area is 120 Å². The number of methoxy groups -OCH3 is 1. The van der Waals surface area contributed by atoms with Crippen molar-refractivity contribution in [1.29, 1.82) is 0 Å². The molecule has 19 heavy (non-hydrogen) atoms. The summed E-state index contributed by atoms with van der Waals surface area (Å²) in [5.41, 5.74) is 2.76. The van der Waals surface area contributed by atoms with Crippen LogP contribution in [0.1, 0.15) is 0 Å². The molecule has 0 radical (unpaired) electrons. The number of rotatable bonds is 2. The van der Waals surface area contributed by atoms with E-state index in [0.29, 0.717) is 9.79 Å². The second-order valence-corrected chi connectivity index (χ2v) is 4.89. The van der Waals surface area contributed by atoms with Crippen molar-refractivity contribution in [2.75, 3.05) is 7.11 Å². The Morgan fingerprint density at radius 1 is 1.21 bits per heavy atom. The maximum absolute atomic E-state index is 6.24. The molecule has 5 heteroatoms. The van der Waals surface area contributed by atoms with Gasteiger partial charge in [-0.3, -0.25) is 4.57 Å². The quantitative estimate of drug-likeness (QED) is 0.711. The first-order valence-corrected chi connectivity index (χ1v) is 6.53. The van der Waals surface area contributed by atoms with Crippen molar-refractivity contribution >= 4 is 34.9 Å². The van der Waals surface area contributed by atoms with Crippen molar-refractivity contribution in [2.45, 2.75) is 0 Å². The summed E-state index contributed by atoms with van der Waals surface area (Å²) in [5, 5.41) is 0.662. The normalized spacial score (nSPS) is 10.8. The number of hydrogen-bond donors (Lipinski definition) is 1.